The second-order valence-corrected chi connectivity index (χ2v) is 3.60. The van der Waals surface area contributed by atoms with Crippen LogP contribution in [-0.2, 0) is 22.5 Å². The molecule has 1 aromatic rings. The highest BCUT2D eigenvalue weighted by atomic mass is 19.4. The fourth-order valence-electron chi connectivity index (χ4n) is 1.45. The second kappa shape index (κ2) is 6.51. The molecular formula is C11H12F4N2O3. The Kier molecular flexibility index (Phi) is 5.26. The lowest BCUT2D eigenvalue weighted by Crippen LogP contribution is -2.20. The fraction of sp³-hybridized carbons (Fsp3) is 0.455. The number of ether oxygens (including phenoxy) is 2. The van der Waals surface area contributed by atoms with Gasteiger partial charge in [0.25, 0.3) is 0 Å². The lowest BCUT2D eigenvalue weighted by atomic mass is 10.1. The van der Waals surface area contributed by atoms with Crippen molar-refractivity contribution in [2.75, 3.05) is 6.61 Å². The van der Waals surface area contributed by atoms with Gasteiger partial charge in [0.15, 0.2) is 0 Å². The minimum atomic E-state index is -5.01. The van der Waals surface area contributed by atoms with Crippen molar-refractivity contribution >= 4 is 5.97 Å². The highest BCUT2D eigenvalue weighted by Gasteiger charge is 2.32. The molecule has 5 nitrogen and oxygen atoms in total. The summed E-state index contributed by atoms with van der Waals surface area (Å²) in [7, 11) is 0. The van der Waals surface area contributed by atoms with E-state index in [1.54, 1.807) is 6.92 Å². The Morgan fingerprint density at radius 2 is 2.10 bits per heavy atom. The summed E-state index contributed by atoms with van der Waals surface area (Å²) in [6.07, 6.45) is -5.50. The molecule has 0 fully saturated rings. The quantitative estimate of drug-likeness (QED) is 0.661. The number of hydrogen-bond acceptors (Lipinski definition) is 5. The number of carbonyl (C=O) groups is 1. The van der Waals surface area contributed by atoms with Gasteiger partial charge in [0.1, 0.15) is 5.82 Å². The Bertz CT molecular complexity index is 491. The maximum absolute atomic E-state index is 13.6. The van der Waals surface area contributed by atoms with Gasteiger partial charge in [-0.2, -0.15) is 0 Å². The normalized spacial score (nSPS) is 11.3. The zero-order valence-corrected chi connectivity index (χ0v) is 10.5. The van der Waals surface area contributed by atoms with Gasteiger partial charge in [0.2, 0.25) is 5.88 Å². The molecule has 0 aliphatic carbocycles. The number of esters is 1. The van der Waals surface area contributed by atoms with Crippen molar-refractivity contribution in [3.63, 3.8) is 0 Å². The summed E-state index contributed by atoms with van der Waals surface area (Å²) in [5.74, 6) is -2.77. The van der Waals surface area contributed by atoms with Gasteiger partial charge < -0.3 is 15.2 Å². The number of alkyl halides is 3. The first-order valence-corrected chi connectivity index (χ1v) is 5.56. The summed E-state index contributed by atoms with van der Waals surface area (Å²) in [4.78, 5) is 14.7. The first-order chi connectivity index (χ1) is 9.26. The number of aromatic nitrogens is 1. The van der Waals surface area contributed by atoms with Gasteiger partial charge >= 0.3 is 12.3 Å². The molecule has 112 valence electrons. The molecule has 9 heteroatoms. The molecule has 0 atom stereocenters. The Labute approximate surface area is 111 Å². The molecule has 20 heavy (non-hydrogen) atoms. The lowest BCUT2D eigenvalue weighted by molar-refractivity contribution is -0.276. The zero-order chi connectivity index (χ0) is 15.3. The third-order valence-corrected chi connectivity index (χ3v) is 2.17. The highest BCUT2D eigenvalue weighted by Crippen LogP contribution is 2.24. The van der Waals surface area contributed by atoms with E-state index in [2.05, 4.69) is 14.5 Å². The number of halogens is 4. The molecular weight excluding hydrogens is 284 g/mol. The van der Waals surface area contributed by atoms with Crippen LogP contribution in [0.25, 0.3) is 0 Å². The smallest absolute Gasteiger partial charge is 0.466 e. The first kappa shape index (κ1) is 16.2. The first-order valence-electron chi connectivity index (χ1n) is 5.56. The average Bonchev–Trinajstić information content (AvgIpc) is 2.26. The monoisotopic (exact) mass is 296 g/mol. The zero-order valence-electron chi connectivity index (χ0n) is 10.5. The molecule has 1 heterocycles. The maximum Gasteiger partial charge on any atom is 0.574 e. The lowest BCUT2D eigenvalue weighted by Gasteiger charge is -2.12. The van der Waals surface area contributed by atoms with E-state index in [9.17, 15) is 22.4 Å². The van der Waals surface area contributed by atoms with Crippen LogP contribution in [0.5, 0.6) is 5.88 Å². The molecule has 0 aliphatic heterocycles. The number of nitrogens with two attached hydrogens (primary N) is 1. The molecule has 2 N–H and O–H groups in total. The Morgan fingerprint density at radius 3 is 2.60 bits per heavy atom. The topological polar surface area (TPSA) is 74.4 Å². The largest absolute Gasteiger partial charge is 0.574 e. The Hall–Kier alpha value is -1.90. The predicted molar refractivity (Wildman–Crippen MR) is 59.1 cm³/mol. The van der Waals surface area contributed by atoms with Crippen LogP contribution in [0.4, 0.5) is 17.6 Å². The minimum absolute atomic E-state index is 0.0814. The van der Waals surface area contributed by atoms with E-state index in [4.69, 9.17) is 5.73 Å². The van der Waals surface area contributed by atoms with E-state index >= 15 is 0 Å². The van der Waals surface area contributed by atoms with Gasteiger partial charge in [-0.25, -0.2) is 9.37 Å². The third-order valence-electron chi connectivity index (χ3n) is 2.17. The van der Waals surface area contributed by atoms with Gasteiger partial charge in [-0.05, 0) is 6.92 Å². The average molecular weight is 296 g/mol. The van der Waals surface area contributed by atoms with E-state index < -0.39 is 30.4 Å². The van der Waals surface area contributed by atoms with Crippen LogP contribution in [0.2, 0.25) is 0 Å². The van der Waals surface area contributed by atoms with E-state index in [0.29, 0.717) is 6.07 Å². The minimum Gasteiger partial charge on any atom is -0.466 e. The van der Waals surface area contributed by atoms with Gasteiger partial charge in [-0.1, -0.05) is 0 Å². The van der Waals surface area contributed by atoms with Crippen molar-refractivity contribution in [3.8, 4) is 5.88 Å². The molecule has 0 spiro atoms. The van der Waals surface area contributed by atoms with Gasteiger partial charge in [-0.3, -0.25) is 4.79 Å². The number of rotatable bonds is 5. The summed E-state index contributed by atoms with van der Waals surface area (Å²) >= 11 is 0. The summed E-state index contributed by atoms with van der Waals surface area (Å²) in [6.45, 7) is 1.32. The molecule has 0 saturated heterocycles. The van der Waals surface area contributed by atoms with Crippen LogP contribution < -0.4 is 10.5 Å². The van der Waals surface area contributed by atoms with Gasteiger partial charge in [0, 0.05) is 18.2 Å². The Balaban J connectivity index is 3.09. The fourth-order valence-corrected chi connectivity index (χ4v) is 1.45. The summed E-state index contributed by atoms with van der Waals surface area (Å²) in [5, 5.41) is 0. The molecule has 0 aliphatic rings. The third kappa shape index (κ3) is 4.65. The summed E-state index contributed by atoms with van der Waals surface area (Å²) in [5.41, 5.74) is 4.88. The summed E-state index contributed by atoms with van der Waals surface area (Å²) in [6, 6.07) is 0.463. The van der Waals surface area contributed by atoms with E-state index in [0.717, 1.165) is 0 Å². The van der Waals surface area contributed by atoms with Crippen LogP contribution in [0.3, 0.4) is 0 Å². The van der Waals surface area contributed by atoms with Crippen LogP contribution in [0.15, 0.2) is 6.07 Å². The number of carbonyl (C=O) groups excluding carboxylic acids is 1. The van der Waals surface area contributed by atoms with Crippen molar-refractivity contribution in [2.24, 2.45) is 5.73 Å². The maximum atomic E-state index is 13.6. The molecule has 0 bridgehead atoms. The van der Waals surface area contributed by atoms with Crippen molar-refractivity contribution in [1.29, 1.82) is 0 Å². The Morgan fingerprint density at radius 1 is 1.45 bits per heavy atom. The predicted octanol–water partition coefficient (Wildman–Crippen LogP) is 1.68. The van der Waals surface area contributed by atoms with Crippen molar-refractivity contribution < 1.29 is 31.8 Å². The van der Waals surface area contributed by atoms with Crippen molar-refractivity contribution in [1.82, 2.24) is 4.98 Å². The molecule has 0 unspecified atom stereocenters. The number of nitrogens with zero attached hydrogens (tertiary/aromatic N) is 1. The second-order valence-electron chi connectivity index (χ2n) is 3.60. The molecule has 1 rings (SSSR count). The molecule has 0 aromatic carbocycles. The van der Waals surface area contributed by atoms with Crippen LogP contribution in [0.1, 0.15) is 18.2 Å². The standard InChI is InChI=1S/C11H12F4N2O3/c1-2-19-10(18)4-8-6(5-16)7(12)3-9(17-8)20-11(13,14)15/h3H,2,4-5,16H2,1H3. The molecule has 0 saturated carbocycles. The van der Waals surface area contributed by atoms with Gasteiger partial charge in [0.05, 0.1) is 18.7 Å². The van der Waals surface area contributed by atoms with Crippen LogP contribution in [0, 0.1) is 5.82 Å². The van der Waals surface area contributed by atoms with Crippen molar-refractivity contribution in [2.45, 2.75) is 26.3 Å². The summed E-state index contributed by atoms with van der Waals surface area (Å²) < 4.78 is 58.0. The van der Waals surface area contributed by atoms with Crippen LogP contribution in [-0.4, -0.2) is 23.9 Å². The van der Waals surface area contributed by atoms with Crippen LogP contribution >= 0.6 is 0 Å². The molecule has 0 amide bonds. The SMILES string of the molecule is CCOC(=O)Cc1nc(OC(F)(F)F)cc(F)c1CN. The van der Waals surface area contributed by atoms with E-state index in [-0.39, 0.29) is 24.4 Å². The van der Waals surface area contributed by atoms with E-state index in [1.165, 1.54) is 0 Å². The number of pyridine rings is 1. The van der Waals surface area contributed by atoms with E-state index in [1.807, 2.05) is 0 Å². The van der Waals surface area contributed by atoms with Crippen molar-refractivity contribution in [3.05, 3.63) is 23.1 Å². The highest BCUT2D eigenvalue weighted by molar-refractivity contribution is 5.72. The number of hydrogen-bond donors (Lipinski definition) is 1. The molecule has 0 radical (unpaired) electrons. The molecule has 1 aromatic heterocycles. The van der Waals surface area contributed by atoms with Gasteiger partial charge in [-0.15, -0.1) is 13.2 Å².